The van der Waals surface area contributed by atoms with Crippen LogP contribution in [-0.4, -0.2) is 27.5 Å². The second kappa shape index (κ2) is 6.23. The van der Waals surface area contributed by atoms with Crippen LogP contribution in [0.4, 0.5) is 0 Å². The number of aromatic nitrogens is 2. The second-order valence-corrected chi connectivity index (χ2v) is 5.02. The highest BCUT2D eigenvalue weighted by atomic mass is 35.5. The van der Waals surface area contributed by atoms with E-state index in [4.69, 9.17) is 5.73 Å². The molecule has 0 unspecified atom stereocenters. The molecule has 1 aromatic rings. The van der Waals surface area contributed by atoms with Crippen molar-refractivity contribution in [2.24, 2.45) is 12.8 Å². The summed E-state index contributed by atoms with van der Waals surface area (Å²) in [7, 11) is 1.33. The summed E-state index contributed by atoms with van der Waals surface area (Å²) >= 11 is 0. The van der Waals surface area contributed by atoms with Crippen molar-refractivity contribution in [3.63, 3.8) is 0 Å². The van der Waals surface area contributed by atoms with Gasteiger partial charge in [-0.1, -0.05) is 12.8 Å². The van der Waals surface area contributed by atoms with E-state index in [1.54, 1.807) is 0 Å². The van der Waals surface area contributed by atoms with Crippen LogP contribution in [0.1, 0.15) is 36.0 Å². The molecule has 20 heavy (non-hydrogen) atoms. The molecule has 1 aliphatic carbocycles. The van der Waals surface area contributed by atoms with Crippen LogP contribution in [0.3, 0.4) is 0 Å². The largest absolute Gasteiger partial charge is 0.345 e. The van der Waals surface area contributed by atoms with Gasteiger partial charge in [-0.3, -0.25) is 14.2 Å². The molecule has 0 aromatic carbocycles. The van der Waals surface area contributed by atoms with E-state index in [0.29, 0.717) is 6.54 Å². The smallest absolute Gasteiger partial charge is 0.328 e. The summed E-state index contributed by atoms with van der Waals surface area (Å²) in [5.74, 6) is -0.482. The number of nitrogens with two attached hydrogens (primary N) is 1. The summed E-state index contributed by atoms with van der Waals surface area (Å²) in [6.45, 7) is 0.350. The first-order valence-electron chi connectivity index (χ1n) is 6.30. The lowest BCUT2D eigenvalue weighted by Crippen LogP contribution is -2.53. The minimum absolute atomic E-state index is 0. The number of nitrogens with zero attached hydrogens (tertiary/aromatic N) is 1. The second-order valence-electron chi connectivity index (χ2n) is 5.02. The van der Waals surface area contributed by atoms with E-state index in [2.05, 4.69) is 10.3 Å². The van der Waals surface area contributed by atoms with Gasteiger partial charge < -0.3 is 16.0 Å². The lowest BCUT2D eigenvalue weighted by Gasteiger charge is -2.28. The third-order valence-corrected chi connectivity index (χ3v) is 3.75. The van der Waals surface area contributed by atoms with Gasteiger partial charge in [0.1, 0.15) is 5.56 Å². The molecule has 0 atom stereocenters. The number of halogens is 1. The molecular formula is C12H19ClN4O3. The van der Waals surface area contributed by atoms with Gasteiger partial charge >= 0.3 is 5.69 Å². The molecule has 0 aliphatic heterocycles. The Morgan fingerprint density at radius 3 is 2.60 bits per heavy atom. The highest BCUT2D eigenvalue weighted by molar-refractivity contribution is 5.94. The van der Waals surface area contributed by atoms with Crippen molar-refractivity contribution in [2.75, 3.05) is 6.54 Å². The van der Waals surface area contributed by atoms with Crippen LogP contribution in [-0.2, 0) is 7.05 Å². The maximum atomic E-state index is 12.1. The van der Waals surface area contributed by atoms with Crippen molar-refractivity contribution in [1.29, 1.82) is 0 Å². The van der Waals surface area contributed by atoms with Gasteiger partial charge in [-0.05, 0) is 12.8 Å². The predicted octanol–water partition coefficient (Wildman–Crippen LogP) is -0.503. The van der Waals surface area contributed by atoms with E-state index in [0.717, 1.165) is 36.4 Å². The van der Waals surface area contributed by atoms with E-state index in [1.165, 1.54) is 7.05 Å². The SMILES string of the molecule is Cl.Cn1c(=O)[nH]cc(C(=O)NC2(CN)CCCC2)c1=O. The maximum absolute atomic E-state index is 12.1. The van der Waals surface area contributed by atoms with Gasteiger partial charge in [0.2, 0.25) is 0 Å². The molecule has 2 rings (SSSR count). The first kappa shape index (κ1) is 16.5. The molecule has 1 aromatic heterocycles. The standard InChI is InChI=1S/C12H18N4O3.ClH/c1-16-10(18)8(6-14-11(16)19)9(17)15-12(7-13)4-2-3-5-12;/h6H,2-5,7,13H2,1H3,(H,14,19)(H,15,17);1H. The van der Waals surface area contributed by atoms with E-state index >= 15 is 0 Å². The molecule has 1 saturated carbocycles. The van der Waals surface area contributed by atoms with Crippen LogP contribution in [0.2, 0.25) is 0 Å². The zero-order chi connectivity index (χ0) is 14.0. The Morgan fingerprint density at radius 2 is 2.05 bits per heavy atom. The van der Waals surface area contributed by atoms with Gasteiger partial charge in [0.15, 0.2) is 0 Å². The van der Waals surface area contributed by atoms with Crippen LogP contribution >= 0.6 is 12.4 Å². The van der Waals surface area contributed by atoms with E-state index in [1.807, 2.05) is 0 Å². The summed E-state index contributed by atoms with van der Waals surface area (Å²) in [5.41, 5.74) is 4.09. The zero-order valence-electron chi connectivity index (χ0n) is 11.3. The summed E-state index contributed by atoms with van der Waals surface area (Å²) in [6.07, 6.45) is 4.82. The van der Waals surface area contributed by atoms with Gasteiger partial charge in [0.05, 0.1) is 5.54 Å². The van der Waals surface area contributed by atoms with E-state index < -0.39 is 22.7 Å². The van der Waals surface area contributed by atoms with Gasteiger partial charge in [-0.2, -0.15) is 0 Å². The van der Waals surface area contributed by atoms with Crippen molar-refractivity contribution in [3.05, 3.63) is 32.6 Å². The van der Waals surface area contributed by atoms with Crippen LogP contribution in [0.25, 0.3) is 0 Å². The fourth-order valence-corrected chi connectivity index (χ4v) is 2.47. The molecule has 1 aliphatic rings. The minimum atomic E-state index is -0.605. The molecule has 0 saturated heterocycles. The van der Waals surface area contributed by atoms with Crippen molar-refractivity contribution in [2.45, 2.75) is 31.2 Å². The third-order valence-electron chi connectivity index (χ3n) is 3.75. The number of hydrogen-bond acceptors (Lipinski definition) is 4. The van der Waals surface area contributed by atoms with Gasteiger partial charge in [-0.15, -0.1) is 12.4 Å². The Labute approximate surface area is 122 Å². The number of aromatic amines is 1. The maximum Gasteiger partial charge on any atom is 0.328 e. The molecule has 1 amide bonds. The number of hydrogen-bond donors (Lipinski definition) is 3. The van der Waals surface area contributed by atoms with Crippen molar-refractivity contribution in [3.8, 4) is 0 Å². The molecule has 4 N–H and O–H groups in total. The molecular weight excluding hydrogens is 284 g/mol. The fraction of sp³-hybridized carbons (Fsp3) is 0.583. The molecule has 112 valence electrons. The minimum Gasteiger partial charge on any atom is -0.345 e. The summed E-state index contributed by atoms with van der Waals surface area (Å²) < 4.78 is 0.874. The molecule has 8 heteroatoms. The van der Waals surface area contributed by atoms with Crippen molar-refractivity contribution < 1.29 is 4.79 Å². The number of H-pyrrole nitrogens is 1. The quantitative estimate of drug-likeness (QED) is 0.699. The molecule has 0 radical (unpaired) electrons. The molecule has 0 spiro atoms. The topological polar surface area (TPSA) is 110 Å². The van der Waals surface area contributed by atoms with Gasteiger partial charge in [0, 0.05) is 19.8 Å². The predicted molar refractivity (Wildman–Crippen MR) is 77.3 cm³/mol. The Morgan fingerprint density at radius 1 is 1.45 bits per heavy atom. The first-order valence-corrected chi connectivity index (χ1v) is 6.30. The van der Waals surface area contributed by atoms with Gasteiger partial charge in [0.25, 0.3) is 11.5 Å². The van der Waals surface area contributed by atoms with Crippen LogP contribution in [0, 0.1) is 0 Å². The molecule has 0 bridgehead atoms. The van der Waals surface area contributed by atoms with Crippen LogP contribution < -0.4 is 22.3 Å². The Kier molecular flexibility index (Phi) is 5.13. The fourth-order valence-electron chi connectivity index (χ4n) is 2.47. The van der Waals surface area contributed by atoms with Crippen molar-refractivity contribution in [1.82, 2.24) is 14.9 Å². The number of nitrogens with one attached hydrogen (secondary N) is 2. The lowest BCUT2D eigenvalue weighted by molar-refractivity contribution is 0.0900. The Balaban J connectivity index is 0.00000200. The average molecular weight is 303 g/mol. The Bertz CT molecular complexity index is 601. The lowest BCUT2D eigenvalue weighted by atomic mass is 9.97. The summed E-state index contributed by atoms with van der Waals surface area (Å²) in [5, 5.41) is 2.85. The highest BCUT2D eigenvalue weighted by Gasteiger charge is 2.34. The molecule has 7 nitrogen and oxygen atoms in total. The van der Waals surface area contributed by atoms with E-state index in [9.17, 15) is 14.4 Å². The average Bonchev–Trinajstić information content (AvgIpc) is 2.85. The number of carbonyl (C=O) groups excluding carboxylic acids is 1. The zero-order valence-corrected chi connectivity index (χ0v) is 12.1. The normalized spacial score (nSPS) is 16.5. The summed E-state index contributed by atoms with van der Waals surface area (Å²) in [6, 6.07) is 0. The van der Waals surface area contributed by atoms with E-state index in [-0.39, 0.29) is 18.0 Å². The van der Waals surface area contributed by atoms with Crippen LogP contribution in [0.5, 0.6) is 0 Å². The summed E-state index contributed by atoms with van der Waals surface area (Å²) in [4.78, 5) is 37.6. The monoisotopic (exact) mass is 302 g/mol. The highest BCUT2D eigenvalue weighted by Crippen LogP contribution is 2.28. The third kappa shape index (κ3) is 2.94. The first-order chi connectivity index (χ1) is 8.99. The number of amides is 1. The number of rotatable bonds is 3. The van der Waals surface area contributed by atoms with Crippen LogP contribution in [0.15, 0.2) is 15.8 Å². The molecule has 1 fully saturated rings. The van der Waals surface area contributed by atoms with Gasteiger partial charge in [-0.25, -0.2) is 4.79 Å². The number of carbonyl (C=O) groups is 1. The molecule has 1 heterocycles. The van der Waals surface area contributed by atoms with Crippen molar-refractivity contribution >= 4 is 18.3 Å². The Hall–Kier alpha value is -1.60.